The highest BCUT2D eigenvalue weighted by Crippen LogP contribution is 2.39. The van der Waals surface area contributed by atoms with Gasteiger partial charge in [-0.15, -0.1) is 0 Å². The number of benzene rings is 3. The molecule has 0 saturated heterocycles. The molecular formula is C27H27Cl2NO6S2. The van der Waals surface area contributed by atoms with Crippen molar-refractivity contribution in [3.63, 3.8) is 0 Å². The summed E-state index contributed by atoms with van der Waals surface area (Å²) in [5, 5.41) is 3.07. The van der Waals surface area contributed by atoms with E-state index in [-0.39, 0.29) is 43.4 Å². The smallest absolute Gasteiger partial charge is 0.234 e. The molecule has 7 nitrogen and oxygen atoms in total. The lowest BCUT2D eigenvalue weighted by molar-refractivity contribution is -0.118. The second-order valence-corrected chi connectivity index (χ2v) is 14.4. The van der Waals surface area contributed by atoms with Crippen molar-refractivity contribution >= 4 is 54.5 Å². The first-order chi connectivity index (χ1) is 18.0. The van der Waals surface area contributed by atoms with Crippen LogP contribution in [0.4, 0.5) is 5.69 Å². The molecule has 1 fully saturated rings. The van der Waals surface area contributed by atoms with Crippen LogP contribution < -0.4 is 5.32 Å². The topological polar surface area (TPSA) is 107 Å². The van der Waals surface area contributed by atoms with E-state index in [1.54, 1.807) is 55.5 Å². The molecule has 0 radical (unpaired) electrons. The number of rotatable bonds is 10. The molecule has 4 rings (SSSR count). The summed E-state index contributed by atoms with van der Waals surface area (Å²) in [5.74, 6) is -1.11. The van der Waals surface area contributed by atoms with Crippen LogP contribution in [0.25, 0.3) is 11.1 Å². The van der Waals surface area contributed by atoms with E-state index in [9.17, 15) is 21.6 Å². The summed E-state index contributed by atoms with van der Waals surface area (Å²) >= 11 is 13.1. The quantitative estimate of drug-likeness (QED) is 0.319. The molecule has 0 aromatic heterocycles. The minimum Gasteiger partial charge on any atom is -0.384 e. The van der Waals surface area contributed by atoms with Gasteiger partial charge < -0.3 is 10.1 Å². The van der Waals surface area contributed by atoms with Gasteiger partial charge in [0, 0.05) is 18.4 Å². The number of sulfone groups is 2. The minimum absolute atomic E-state index is 0.0183. The Labute approximate surface area is 233 Å². The van der Waals surface area contributed by atoms with Crippen molar-refractivity contribution in [2.75, 3.05) is 24.8 Å². The molecule has 0 unspecified atom stereocenters. The molecule has 202 valence electrons. The maximum atomic E-state index is 13.2. The Bertz CT molecular complexity index is 1530. The largest absolute Gasteiger partial charge is 0.384 e. The summed E-state index contributed by atoms with van der Waals surface area (Å²) in [4.78, 5) is 13.6. The highest BCUT2D eigenvalue weighted by Gasteiger charge is 2.36. The van der Waals surface area contributed by atoms with Crippen molar-refractivity contribution in [3.8, 4) is 11.1 Å². The highest BCUT2D eigenvalue weighted by molar-refractivity contribution is 7.92. The van der Waals surface area contributed by atoms with Gasteiger partial charge in [0.05, 0.1) is 43.4 Å². The lowest BCUT2D eigenvalue weighted by atomic mass is 9.99. The Balaban J connectivity index is 1.55. The van der Waals surface area contributed by atoms with Gasteiger partial charge in [-0.05, 0) is 60.4 Å². The molecule has 3 aromatic carbocycles. The molecule has 0 heterocycles. The number of hydrogen-bond donors (Lipinski definition) is 1. The number of carbonyl (C=O) groups is 1. The van der Waals surface area contributed by atoms with E-state index in [4.69, 9.17) is 27.9 Å². The second-order valence-electron chi connectivity index (χ2n) is 9.05. The van der Waals surface area contributed by atoms with Gasteiger partial charge in [0.1, 0.15) is 0 Å². The first kappa shape index (κ1) is 28.6. The van der Waals surface area contributed by atoms with Gasteiger partial charge in [0.15, 0.2) is 19.7 Å². The van der Waals surface area contributed by atoms with E-state index in [1.807, 2.05) is 0 Å². The molecule has 11 heteroatoms. The molecule has 1 aliphatic rings. The zero-order valence-electron chi connectivity index (χ0n) is 20.8. The Morgan fingerprint density at radius 3 is 2.00 bits per heavy atom. The molecule has 1 aliphatic carbocycles. The van der Waals surface area contributed by atoms with Gasteiger partial charge in [-0.3, -0.25) is 4.79 Å². The van der Waals surface area contributed by atoms with E-state index in [0.717, 1.165) is 0 Å². The van der Waals surface area contributed by atoms with E-state index < -0.39 is 25.6 Å². The Hall–Kier alpha value is -2.43. The van der Waals surface area contributed by atoms with Crippen LogP contribution in [-0.4, -0.2) is 47.5 Å². The van der Waals surface area contributed by atoms with Crippen molar-refractivity contribution in [1.29, 1.82) is 0 Å². The van der Waals surface area contributed by atoms with Crippen LogP contribution in [0.15, 0.2) is 70.5 Å². The van der Waals surface area contributed by atoms with Gasteiger partial charge in [0.25, 0.3) is 0 Å². The van der Waals surface area contributed by atoms with Crippen molar-refractivity contribution in [2.24, 2.45) is 0 Å². The fourth-order valence-electron chi connectivity index (χ4n) is 4.10. The molecule has 38 heavy (non-hydrogen) atoms. The Kier molecular flexibility index (Phi) is 8.54. The summed E-state index contributed by atoms with van der Waals surface area (Å²) in [6, 6.07) is 15.7. The zero-order valence-corrected chi connectivity index (χ0v) is 23.9. The number of carbonyl (C=O) groups excluding carboxylic acids is 1. The predicted octanol–water partition coefficient (Wildman–Crippen LogP) is 5.76. The number of anilines is 1. The number of ether oxygens (including phenoxy) is 1. The summed E-state index contributed by atoms with van der Waals surface area (Å²) in [7, 11) is -5.19. The average Bonchev–Trinajstić information content (AvgIpc) is 3.74. The first-order valence-electron chi connectivity index (χ1n) is 11.9. The van der Waals surface area contributed by atoms with Gasteiger partial charge >= 0.3 is 0 Å². The molecule has 1 saturated carbocycles. The number of halogens is 2. The number of nitrogens with one attached hydrogen (secondary N) is 1. The lowest BCUT2D eigenvalue weighted by Crippen LogP contribution is -2.24. The van der Waals surface area contributed by atoms with Crippen LogP contribution >= 0.6 is 23.2 Å². The van der Waals surface area contributed by atoms with Crippen LogP contribution in [-0.2, 0) is 29.2 Å². The third-order valence-corrected chi connectivity index (χ3v) is 11.0. The van der Waals surface area contributed by atoms with Gasteiger partial charge in [-0.25, -0.2) is 16.8 Å². The van der Waals surface area contributed by atoms with Crippen molar-refractivity contribution in [1.82, 2.24) is 0 Å². The average molecular weight is 597 g/mol. The van der Waals surface area contributed by atoms with Crippen molar-refractivity contribution in [2.45, 2.75) is 40.7 Å². The molecular weight excluding hydrogens is 569 g/mol. The number of hydrogen-bond acceptors (Lipinski definition) is 6. The van der Waals surface area contributed by atoms with E-state index in [2.05, 4.69) is 5.32 Å². The van der Waals surface area contributed by atoms with Gasteiger partial charge in [0.2, 0.25) is 5.91 Å². The summed E-state index contributed by atoms with van der Waals surface area (Å²) < 4.78 is 54.4. The normalized spacial score (nSPS) is 14.7. The molecule has 1 amide bonds. The summed E-state index contributed by atoms with van der Waals surface area (Å²) in [5.41, 5.74) is 2.12. The summed E-state index contributed by atoms with van der Waals surface area (Å²) in [6.45, 7) is 1.64. The fraction of sp³-hybridized carbons (Fsp3) is 0.296. The monoisotopic (exact) mass is 595 g/mol. The number of amides is 1. The fourth-order valence-corrected chi connectivity index (χ4v) is 7.34. The third-order valence-electron chi connectivity index (χ3n) is 6.42. The molecule has 0 aliphatic heterocycles. The minimum atomic E-state index is -3.36. The highest BCUT2D eigenvalue weighted by atomic mass is 35.5. The van der Waals surface area contributed by atoms with Crippen LogP contribution in [0.5, 0.6) is 0 Å². The SMILES string of the molecule is CCS(=O)(=O)c1ccc([C@@H](COC)C(=O)Nc2cc(Cl)c(-c3ccc(S(=O)(=O)C4CC4)cc3)c(Cl)c2)cc1. The van der Waals surface area contributed by atoms with E-state index in [1.165, 1.54) is 19.2 Å². The predicted molar refractivity (Wildman–Crippen MR) is 150 cm³/mol. The van der Waals surface area contributed by atoms with Crippen LogP contribution in [0.1, 0.15) is 31.2 Å². The van der Waals surface area contributed by atoms with Crippen LogP contribution in [0.2, 0.25) is 10.0 Å². The molecule has 1 N–H and O–H groups in total. The Morgan fingerprint density at radius 1 is 0.947 bits per heavy atom. The molecule has 1 atom stereocenters. The number of methoxy groups -OCH3 is 1. The van der Waals surface area contributed by atoms with E-state index >= 15 is 0 Å². The zero-order chi connectivity index (χ0) is 27.7. The van der Waals surface area contributed by atoms with Gasteiger partial charge in [-0.1, -0.05) is 54.4 Å². The van der Waals surface area contributed by atoms with Gasteiger partial charge in [-0.2, -0.15) is 0 Å². The first-order valence-corrected chi connectivity index (χ1v) is 15.9. The second kappa shape index (κ2) is 11.4. The third kappa shape index (κ3) is 6.07. The molecule has 3 aromatic rings. The standard InChI is InChI=1S/C27H27Cl2NO6S2/c1-3-37(32,33)20-8-4-17(5-9-20)23(16-36-2)27(31)30-19-14-24(28)26(25(29)15-19)18-6-10-21(11-7-18)38(34,35)22-12-13-22/h4-11,14-15,22-23H,3,12-13,16H2,1-2H3,(H,30,31)/t23-/m1/s1. The summed E-state index contributed by atoms with van der Waals surface area (Å²) in [6.07, 6.45) is 1.37. The Morgan fingerprint density at radius 2 is 1.50 bits per heavy atom. The maximum absolute atomic E-state index is 13.2. The van der Waals surface area contributed by atoms with E-state index in [0.29, 0.717) is 35.2 Å². The maximum Gasteiger partial charge on any atom is 0.234 e. The lowest BCUT2D eigenvalue weighted by Gasteiger charge is -2.18. The van der Waals surface area contributed by atoms with Crippen LogP contribution in [0, 0.1) is 0 Å². The molecule has 0 bridgehead atoms. The molecule has 0 spiro atoms. The van der Waals surface area contributed by atoms with Crippen molar-refractivity contribution < 1.29 is 26.4 Å². The van der Waals surface area contributed by atoms with Crippen LogP contribution in [0.3, 0.4) is 0 Å². The van der Waals surface area contributed by atoms with Crippen molar-refractivity contribution in [3.05, 3.63) is 76.3 Å².